The van der Waals surface area contributed by atoms with Crippen molar-refractivity contribution in [2.24, 2.45) is 0 Å². The largest absolute Gasteiger partial charge is 0.309 e. The van der Waals surface area contributed by atoms with E-state index in [9.17, 15) is 0 Å². The smallest absolute Gasteiger partial charge is 0.160 e. The number of hydrogen-bond donors (Lipinski definition) is 0. The zero-order valence-electron chi connectivity index (χ0n) is 44.4. The fourth-order valence-corrected chi connectivity index (χ4v) is 13.6. The van der Waals surface area contributed by atoms with Crippen molar-refractivity contribution in [2.45, 2.75) is 11.8 Å². The lowest BCUT2D eigenvalue weighted by atomic mass is 9.60. The molecule has 3 aliphatic carbocycles. The van der Waals surface area contributed by atoms with E-state index >= 15 is 0 Å². The standard InChI is InChI=1S/C76H48N6/c1-5-21-47(22-6-1)75-77-65(45-67(79-75)61-35-19-33-59-53-29-15-17-37-69(53)81(73(59)61)51-25-9-3-10-26-51)49-39-41-57-63(43-49)71-55-31-13-14-32-56(55)72(57)64-44-50(40-42-58(64)71)66-46-68(80-76(78-66)48-23-7-2-8-24-48)62-36-20-34-60-54-30-16-18-38-70(54)82(74(60)62)52-27-11-4-12-28-52/h1-46,71-72H. The van der Waals surface area contributed by atoms with Crippen LogP contribution in [-0.4, -0.2) is 29.1 Å². The number of benzene rings is 11. The van der Waals surface area contributed by atoms with Gasteiger partial charge in [0.05, 0.1) is 44.8 Å². The molecule has 82 heavy (non-hydrogen) atoms. The minimum absolute atomic E-state index is 0.0174. The normalized spacial score (nSPS) is 14.1. The summed E-state index contributed by atoms with van der Waals surface area (Å²) in [5.41, 5.74) is 24.4. The second-order valence-corrected chi connectivity index (χ2v) is 21.6. The Bertz CT molecular complexity index is 4720. The molecule has 6 heteroatoms. The van der Waals surface area contributed by atoms with Crippen LogP contribution >= 0.6 is 0 Å². The van der Waals surface area contributed by atoms with Crippen LogP contribution in [0, 0.1) is 0 Å². The van der Waals surface area contributed by atoms with Crippen LogP contribution in [0.15, 0.2) is 279 Å². The van der Waals surface area contributed by atoms with Crippen LogP contribution in [0.3, 0.4) is 0 Å². The fraction of sp³-hybridized carbons (Fsp3) is 0.0263. The third-order valence-corrected chi connectivity index (χ3v) is 17.1. The predicted octanol–water partition coefficient (Wildman–Crippen LogP) is 18.4. The van der Waals surface area contributed by atoms with Crippen LogP contribution in [0.2, 0.25) is 0 Å². The van der Waals surface area contributed by atoms with Crippen LogP contribution in [0.4, 0.5) is 0 Å². The molecule has 4 aromatic heterocycles. The van der Waals surface area contributed by atoms with Crippen molar-refractivity contribution in [1.82, 2.24) is 29.1 Å². The number of para-hydroxylation sites is 6. The first kappa shape index (κ1) is 46.1. The van der Waals surface area contributed by atoms with E-state index in [1.165, 1.54) is 54.9 Å². The summed E-state index contributed by atoms with van der Waals surface area (Å²) in [7, 11) is 0. The first-order chi connectivity index (χ1) is 40.7. The zero-order valence-corrected chi connectivity index (χ0v) is 44.4. The molecule has 3 aliphatic rings. The molecule has 4 heterocycles. The van der Waals surface area contributed by atoms with E-state index in [0.717, 1.165) is 89.6 Å². The quantitative estimate of drug-likeness (QED) is 0.152. The molecule has 0 N–H and O–H groups in total. The molecular formula is C76H48N6. The van der Waals surface area contributed by atoms with Crippen molar-refractivity contribution in [2.75, 3.05) is 0 Å². The molecule has 11 aromatic carbocycles. The summed E-state index contributed by atoms with van der Waals surface area (Å²) >= 11 is 0. The van der Waals surface area contributed by atoms with Crippen molar-refractivity contribution in [3.8, 4) is 79.2 Å². The molecule has 0 saturated heterocycles. The van der Waals surface area contributed by atoms with Gasteiger partial charge >= 0.3 is 0 Å². The van der Waals surface area contributed by atoms with Gasteiger partial charge in [-0.1, -0.05) is 218 Å². The molecule has 6 nitrogen and oxygen atoms in total. The van der Waals surface area contributed by atoms with Gasteiger partial charge in [-0.05, 0) is 94.0 Å². The molecule has 2 unspecified atom stereocenters. The average Bonchev–Trinajstić information content (AvgIpc) is 4.12. The van der Waals surface area contributed by atoms with Gasteiger partial charge < -0.3 is 9.13 Å². The van der Waals surface area contributed by atoms with Gasteiger partial charge in [0.1, 0.15) is 0 Å². The zero-order chi connectivity index (χ0) is 53.8. The molecule has 2 atom stereocenters. The van der Waals surface area contributed by atoms with Crippen molar-refractivity contribution < 1.29 is 0 Å². The van der Waals surface area contributed by atoms with E-state index in [-0.39, 0.29) is 11.8 Å². The van der Waals surface area contributed by atoms with Gasteiger partial charge in [0.15, 0.2) is 11.6 Å². The molecule has 0 aliphatic heterocycles. The van der Waals surface area contributed by atoms with Crippen LogP contribution in [0.5, 0.6) is 0 Å². The monoisotopic (exact) mass is 1040 g/mol. The van der Waals surface area contributed by atoms with Gasteiger partial charge in [-0.15, -0.1) is 0 Å². The third kappa shape index (κ3) is 7.14. The predicted molar refractivity (Wildman–Crippen MR) is 334 cm³/mol. The molecular weight excluding hydrogens is 997 g/mol. The first-order valence-electron chi connectivity index (χ1n) is 28.1. The lowest BCUT2D eigenvalue weighted by Gasteiger charge is -2.42. The van der Waals surface area contributed by atoms with Crippen LogP contribution in [0.1, 0.15) is 45.2 Å². The molecule has 0 saturated carbocycles. The highest BCUT2D eigenvalue weighted by Crippen LogP contribution is 2.57. The Hall–Kier alpha value is -10.8. The maximum absolute atomic E-state index is 5.42. The third-order valence-electron chi connectivity index (χ3n) is 17.1. The molecule has 0 radical (unpaired) electrons. The first-order valence-corrected chi connectivity index (χ1v) is 28.1. The lowest BCUT2D eigenvalue weighted by Crippen LogP contribution is -2.27. The Kier molecular flexibility index (Phi) is 10.3. The SMILES string of the molecule is c1ccc(-c2nc(-c3ccc4c(c3)C3c5ccccc5C4c4cc(-c5cc(-c6cccc7c8ccccc8n(-c8ccccc8)c67)nc(-c6ccccc6)n5)ccc43)cc(-c3cccc4c5ccccc5n(-c5ccccc5)c34)n2)cc1. The lowest BCUT2D eigenvalue weighted by molar-refractivity contribution is 0.755. The number of rotatable bonds is 8. The second-order valence-electron chi connectivity index (χ2n) is 21.6. The number of hydrogen-bond acceptors (Lipinski definition) is 4. The number of aromatic nitrogens is 6. The van der Waals surface area contributed by atoms with E-state index in [4.69, 9.17) is 19.9 Å². The van der Waals surface area contributed by atoms with Gasteiger partial charge in [0, 0.05) is 78.1 Å². The molecule has 0 spiro atoms. The van der Waals surface area contributed by atoms with Gasteiger partial charge in [-0.25, -0.2) is 19.9 Å². The average molecular weight is 1050 g/mol. The summed E-state index contributed by atoms with van der Waals surface area (Å²) < 4.78 is 4.78. The van der Waals surface area contributed by atoms with E-state index < -0.39 is 0 Å². The van der Waals surface area contributed by atoms with E-state index in [1.807, 2.05) is 12.1 Å². The van der Waals surface area contributed by atoms with E-state index in [2.05, 4.69) is 276 Å². The summed E-state index contributed by atoms with van der Waals surface area (Å²) in [5, 5.41) is 4.77. The Morgan fingerprint density at radius 2 is 0.598 bits per heavy atom. The van der Waals surface area contributed by atoms with Crippen LogP contribution in [-0.2, 0) is 0 Å². The Balaban J connectivity index is 0.820. The second kappa shape index (κ2) is 18.4. The highest BCUT2D eigenvalue weighted by atomic mass is 15.0. The summed E-state index contributed by atoms with van der Waals surface area (Å²) in [4.78, 5) is 21.7. The van der Waals surface area contributed by atoms with Crippen molar-refractivity contribution in [1.29, 1.82) is 0 Å². The van der Waals surface area contributed by atoms with Gasteiger partial charge in [-0.2, -0.15) is 0 Å². The molecule has 18 rings (SSSR count). The van der Waals surface area contributed by atoms with Gasteiger partial charge in [-0.3, -0.25) is 0 Å². The minimum atomic E-state index is 0.0174. The molecule has 15 aromatic rings. The van der Waals surface area contributed by atoms with Crippen LogP contribution < -0.4 is 0 Å². The summed E-state index contributed by atoms with van der Waals surface area (Å²) in [6.07, 6.45) is 0. The maximum Gasteiger partial charge on any atom is 0.160 e. The summed E-state index contributed by atoms with van der Waals surface area (Å²) in [6.45, 7) is 0. The van der Waals surface area contributed by atoms with E-state index in [0.29, 0.717) is 11.6 Å². The highest BCUT2D eigenvalue weighted by Gasteiger charge is 2.41. The Morgan fingerprint density at radius 1 is 0.244 bits per heavy atom. The summed E-state index contributed by atoms with van der Waals surface area (Å²) in [6, 6.07) is 100. The Morgan fingerprint density at radius 3 is 1.04 bits per heavy atom. The van der Waals surface area contributed by atoms with Gasteiger partial charge in [0.25, 0.3) is 0 Å². The van der Waals surface area contributed by atoms with E-state index in [1.54, 1.807) is 0 Å². The fourth-order valence-electron chi connectivity index (χ4n) is 13.6. The molecule has 382 valence electrons. The summed E-state index contributed by atoms with van der Waals surface area (Å²) in [5.74, 6) is 1.41. The topological polar surface area (TPSA) is 61.4 Å². The Labute approximate surface area is 473 Å². The van der Waals surface area contributed by atoms with Crippen molar-refractivity contribution in [3.63, 3.8) is 0 Å². The van der Waals surface area contributed by atoms with Gasteiger partial charge in [0.2, 0.25) is 0 Å². The number of nitrogens with zero attached hydrogens (tertiary/aromatic N) is 6. The van der Waals surface area contributed by atoms with Crippen molar-refractivity contribution >= 4 is 43.6 Å². The number of fused-ring (bicyclic) bond motifs is 6. The van der Waals surface area contributed by atoms with Crippen molar-refractivity contribution in [3.05, 3.63) is 312 Å². The molecule has 2 bridgehead atoms. The molecule has 0 amide bonds. The van der Waals surface area contributed by atoms with Crippen LogP contribution in [0.25, 0.3) is 123 Å². The molecule has 0 fully saturated rings. The highest BCUT2D eigenvalue weighted by molar-refractivity contribution is 6.15. The minimum Gasteiger partial charge on any atom is -0.309 e. The maximum atomic E-state index is 5.42.